The van der Waals surface area contributed by atoms with Gasteiger partial charge in [-0.25, -0.2) is 0 Å². The molecule has 0 aliphatic carbocycles. The van der Waals surface area contributed by atoms with Crippen molar-refractivity contribution in [3.8, 4) is 12.3 Å². The van der Waals surface area contributed by atoms with Crippen LogP contribution in [0.25, 0.3) is 0 Å². The van der Waals surface area contributed by atoms with Crippen molar-refractivity contribution in [2.24, 2.45) is 5.92 Å². The minimum atomic E-state index is -0.300. The maximum Gasteiger partial charge on any atom is 0.462 e. The molecule has 1 fully saturated rings. The van der Waals surface area contributed by atoms with Gasteiger partial charge >= 0.3 is 7.12 Å². The second-order valence-corrected chi connectivity index (χ2v) is 6.85. The summed E-state index contributed by atoms with van der Waals surface area (Å²) in [4.78, 5) is 0. The summed E-state index contributed by atoms with van der Waals surface area (Å²) in [5, 5.41) is 3.27. The highest BCUT2D eigenvalue weighted by Gasteiger charge is 2.54. The molecule has 0 saturated carbocycles. The second kappa shape index (κ2) is 6.51. The monoisotopic (exact) mass is 279 g/mol. The lowest BCUT2D eigenvalue weighted by Crippen LogP contribution is -2.41. The molecule has 3 nitrogen and oxygen atoms in total. The number of terminal acetylenes is 1. The Kier molecular flexibility index (Phi) is 5.72. The third-order valence-electron chi connectivity index (χ3n) is 4.89. The Bertz CT molecular complexity index is 346. The van der Waals surface area contributed by atoms with Gasteiger partial charge in [0.25, 0.3) is 0 Å². The number of nitrogens with one attached hydrogen (secondary N) is 1. The van der Waals surface area contributed by atoms with Crippen molar-refractivity contribution < 1.29 is 9.31 Å². The van der Waals surface area contributed by atoms with Gasteiger partial charge in [-0.15, -0.1) is 12.3 Å². The summed E-state index contributed by atoms with van der Waals surface area (Å²) < 4.78 is 12.4. The van der Waals surface area contributed by atoms with Gasteiger partial charge < -0.3 is 14.6 Å². The van der Waals surface area contributed by atoms with E-state index in [1.807, 2.05) is 7.05 Å². The molecule has 0 aromatic heterocycles. The number of rotatable bonds is 6. The fraction of sp³-hybridized carbons (Fsp3) is 0.875. The third-order valence-corrected chi connectivity index (χ3v) is 4.89. The molecule has 1 saturated heterocycles. The zero-order valence-electron chi connectivity index (χ0n) is 14.1. The molecule has 20 heavy (non-hydrogen) atoms. The lowest BCUT2D eigenvalue weighted by molar-refractivity contribution is 0.00578. The van der Waals surface area contributed by atoms with E-state index in [-0.39, 0.29) is 36.1 Å². The van der Waals surface area contributed by atoms with Crippen molar-refractivity contribution in [1.82, 2.24) is 5.32 Å². The summed E-state index contributed by atoms with van der Waals surface area (Å²) in [7, 11) is 1.72. The van der Waals surface area contributed by atoms with Crippen LogP contribution in [0.4, 0.5) is 0 Å². The van der Waals surface area contributed by atoms with Crippen LogP contribution >= 0.6 is 0 Å². The quantitative estimate of drug-likeness (QED) is 0.598. The Labute approximate surface area is 125 Å². The van der Waals surface area contributed by atoms with Crippen LogP contribution in [0.3, 0.4) is 0 Å². The first-order chi connectivity index (χ1) is 9.20. The fourth-order valence-corrected chi connectivity index (χ4v) is 2.70. The van der Waals surface area contributed by atoms with Crippen molar-refractivity contribution in [1.29, 1.82) is 0 Å². The Balaban J connectivity index is 2.96. The molecule has 3 atom stereocenters. The summed E-state index contributed by atoms with van der Waals surface area (Å²) in [6.45, 7) is 12.6. The lowest BCUT2D eigenvalue weighted by Gasteiger charge is -2.32. The average Bonchev–Trinajstić information content (AvgIpc) is 2.57. The minimum absolute atomic E-state index is 0.106. The van der Waals surface area contributed by atoms with E-state index in [0.717, 1.165) is 12.8 Å². The molecule has 0 amide bonds. The standard InChI is InChI=1S/C16H30BNO2/c1-9-11-14(13(10-2)12(3)18-8)17-19-15(4,5)16(6,7)20-17/h2,12-14,18H,9,11H2,1,3-8H3/t12?,13-,14?/m0/s1. The molecule has 1 aliphatic heterocycles. The molecule has 0 aromatic rings. The van der Waals surface area contributed by atoms with Gasteiger partial charge in [-0.2, -0.15) is 0 Å². The summed E-state index contributed by atoms with van der Waals surface area (Å²) in [6.07, 6.45) is 7.87. The van der Waals surface area contributed by atoms with Crippen molar-refractivity contribution in [3.05, 3.63) is 0 Å². The summed E-state index contributed by atoms with van der Waals surface area (Å²) >= 11 is 0. The number of hydrogen-bond acceptors (Lipinski definition) is 3. The van der Waals surface area contributed by atoms with E-state index < -0.39 is 0 Å². The predicted octanol–water partition coefficient (Wildman–Crippen LogP) is 3.11. The molecule has 0 bridgehead atoms. The molecular weight excluding hydrogens is 249 g/mol. The topological polar surface area (TPSA) is 30.5 Å². The zero-order valence-corrected chi connectivity index (χ0v) is 14.1. The molecule has 1 aliphatic rings. The highest BCUT2D eigenvalue weighted by Crippen LogP contribution is 2.43. The largest absolute Gasteiger partial charge is 0.462 e. The molecular formula is C16H30BNO2. The van der Waals surface area contributed by atoms with Crippen molar-refractivity contribution in [3.63, 3.8) is 0 Å². The van der Waals surface area contributed by atoms with Gasteiger partial charge in [0, 0.05) is 17.8 Å². The van der Waals surface area contributed by atoms with E-state index in [1.54, 1.807) is 0 Å². The highest BCUT2D eigenvalue weighted by atomic mass is 16.7. The van der Waals surface area contributed by atoms with Gasteiger partial charge in [-0.1, -0.05) is 19.8 Å². The Morgan fingerprint density at radius 2 is 1.70 bits per heavy atom. The lowest BCUT2D eigenvalue weighted by atomic mass is 9.61. The van der Waals surface area contributed by atoms with E-state index in [1.165, 1.54) is 0 Å². The minimum Gasteiger partial charge on any atom is -0.403 e. The van der Waals surface area contributed by atoms with Crippen LogP contribution in [0.1, 0.15) is 54.4 Å². The summed E-state index contributed by atoms with van der Waals surface area (Å²) in [6, 6.07) is 0.246. The smallest absolute Gasteiger partial charge is 0.403 e. The van der Waals surface area contributed by atoms with E-state index in [0.29, 0.717) is 0 Å². The average molecular weight is 279 g/mol. The van der Waals surface area contributed by atoms with E-state index >= 15 is 0 Å². The zero-order chi connectivity index (χ0) is 15.6. The van der Waals surface area contributed by atoms with Crippen molar-refractivity contribution in [2.75, 3.05) is 7.05 Å². The summed E-state index contributed by atoms with van der Waals surface area (Å²) in [5.41, 5.74) is -0.600. The van der Waals surface area contributed by atoms with E-state index in [9.17, 15) is 0 Å². The van der Waals surface area contributed by atoms with Crippen molar-refractivity contribution >= 4 is 7.12 Å². The molecule has 1 N–H and O–H groups in total. The second-order valence-electron chi connectivity index (χ2n) is 6.85. The molecule has 0 spiro atoms. The van der Waals surface area contributed by atoms with Crippen LogP contribution in [0, 0.1) is 18.3 Å². The van der Waals surface area contributed by atoms with Gasteiger partial charge in [-0.05, 0) is 41.7 Å². The molecule has 4 heteroatoms. The molecule has 2 unspecified atom stereocenters. The van der Waals surface area contributed by atoms with E-state index in [4.69, 9.17) is 15.7 Å². The SMILES string of the molecule is C#C[C@@H](C(C)NC)C(CCC)B1OC(C)(C)C(C)(C)O1. The van der Waals surface area contributed by atoms with E-state index in [2.05, 4.69) is 52.8 Å². The Morgan fingerprint density at radius 1 is 1.20 bits per heavy atom. The summed E-state index contributed by atoms with van der Waals surface area (Å²) in [5.74, 6) is 3.27. The van der Waals surface area contributed by atoms with Gasteiger partial charge in [0.1, 0.15) is 0 Å². The fourth-order valence-electron chi connectivity index (χ4n) is 2.70. The van der Waals surface area contributed by atoms with Crippen LogP contribution in [0.15, 0.2) is 0 Å². The molecule has 0 aromatic carbocycles. The Morgan fingerprint density at radius 3 is 2.05 bits per heavy atom. The molecule has 0 radical (unpaired) electrons. The normalized spacial score (nSPS) is 25.0. The van der Waals surface area contributed by atoms with Crippen LogP contribution < -0.4 is 5.32 Å². The van der Waals surface area contributed by atoms with Crippen LogP contribution in [-0.4, -0.2) is 31.4 Å². The van der Waals surface area contributed by atoms with Crippen LogP contribution in [-0.2, 0) is 9.31 Å². The Hall–Kier alpha value is -0.495. The van der Waals surface area contributed by atoms with Gasteiger partial charge in [0.15, 0.2) is 0 Å². The van der Waals surface area contributed by atoms with Crippen molar-refractivity contribution in [2.45, 2.75) is 77.4 Å². The highest BCUT2D eigenvalue weighted by molar-refractivity contribution is 6.47. The van der Waals surface area contributed by atoms with Gasteiger partial charge in [-0.3, -0.25) is 0 Å². The predicted molar refractivity (Wildman–Crippen MR) is 85.6 cm³/mol. The van der Waals surface area contributed by atoms with Crippen LogP contribution in [0.5, 0.6) is 0 Å². The van der Waals surface area contributed by atoms with Crippen LogP contribution in [0.2, 0.25) is 5.82 Å². The number of hydrogen-bond donors (Lipinski definition) is 1. The van der Waals surface area contributed by atoms with Gasteiger partial charge in [0.05, 0.1) is 11.2 Å². The third kappa shape index (κ3) is 3.39. The first-order valence-corrected chi connectivity index (χ1v) is 7.69. The van der Waals surface area contributed by atoms with Gasteiger partial charge in [0.2, 0.25) is 0 Å². The first kappa shape index (κ1) is 17.6. The molecule has 114 valence electrons. The molecule has 1 heterocycles. The maximum atomic E-state index is 6.21. The first-order valence-electron chi connectivity index (χ1n) is 7.69. The maximum absolute atomic E-state index is 6.21. The molecule has 1 rings (SSSR count).